The second-order valence-corrected chi connectivity index (χ2v) is 4.37. The van der Waals surface area contributed by atoms with Crippen LogP contribution in [0.5, 0.6) is 0 Å². The molecule has 0 atom stereocenters. The molecule has 0 bridgehead atoms. The molecule has 0 spiro atoms. The number of nitrogens with one attached hydrogen (secondary N) is 1. The fraction of sp³-hybridized carbons (Fsp3) is 0. The molecule has 0 aliphatic rings. The van der Waals surface area contributed by atoms with E-state index in [4.69, 9.17) is 40.5 Å². The molecule has 0 radical (unpaired) electrons. The molecule has 0 amide bonds. The first-order valence-corrected chi connectivity index (χ1v) is 5.70. The number of hydrogen-bond acceptors (Lipinski definition) is 4. The molecule has 4 nitrogen and oxygen atoms in total. The van der Waals surface area contributed by atoms with Crippen LogP contribution in [0, 0.1) is 0 Å². The third-order valence-electron chi connectivity index (χ3n) is 1.97. The fourth-order valence-corrected chi connectivity index (χ4v) is 1.78. The van der Waals surface area contributed by atoms with E-state index < -0.39 is 0 Å². The minimum atomic E-state index is 0.104. The highest BCUT2D eigenvalue weighted by Gasteiger charge is 2.06. The van der Waals surface area contributed by atoms with Crippen molar-refractivity contribution in [1.82, 2.24) is 9.97 Å². The first-order valence-electron chi connectivity index (χ1n) is 4.56. The van der Waals surface area contributed by atoms with E-state index in [1.165, 1.54) is 6.20 Å². The van der Waals surface area contributed by atoms with Crippen molar-refractivity contribution in [2.75, 3.05) is 11.1 Å². The molecule has 3 N–H and O–H groups in total. The van der Waals surface area contributed by atoms with Gasteiger partial charge < -0.3 is 11.1 Å². The van der Waals surface area contributed by atoms with Crippen LogP contribution in [-0.4, -0.2) is 9.97 Å². The summed E-state index contributed by atoms with van der Waals surface area (Å²) in [5.74, 6) is 0.397. The molecule has 0 aliphatic heterocycles. The second-order valence-electron chi connectivity index (χ2n) is 3.19. The molecular weight excluding hydrogens is 282 g/mol. The number of aromatic nitrogens is 2. The Balaban J connectivity index is 2.34. The third-order valence-corrected chi connectivity index (χ3v) is 2.70. The lowest BCUT2D eigenvalue weighted by molar-refractivity contribution is 1.17. The van der Waals surface area contributed by atoms with Crippen LogP contribution in [0.1, 0.15) is 0 Å². The Labute approximate surface area is 113 Å². The number of hydrogen-bond donors (Lipinski definition) is 2. The topological polar surface area (TPSA) is 63.8 Å². The van der Waals surface area contributed by atoms with Gasteiger partial charge >= 0.3 is 0 Å². The van der Waals surface area contributed by atoms with Crippen LogP contribution in [0.4, 0.5) is 17.2 Å². The Hall–Kier alpha value is -1.23. The number of benzene rings is 1. The quantitative estimate of drug-likeness (QED) is 0.826. The zero-order valence-electron chi connectivity index (χ0n) is 8.42. The highest BCUT2D eigenvalue weighted by atomic mass is 35.5. The maximum absolute atomic E-state index is 6.01. The molecule has 1 aromatic carbocycles. The van der Waals surface area contributed by atoms with E-state index in [0.717, 1.165) is 0 Å². The Morgan fingerprint density at radius 1 is 1.18 bits per heavy atom. The van der Waals surface area contributed by atoms with Crippen molar-refractivity contribution < 1.29 is 0 Å². The van der Waals surface area contributed by atoms with Crippen molar-refractivity contribution in [3.05, 3.63) is 39.7 Å². The van der Waals surface area contributed by atoms with Gasteiger partial charge in [-0.05, 0) is 29.8 Å². The SMILES string of the molecule is Nc1cnc(Cl)nc1Nc1ccc(Cl)cc1Cl. The number of nitrogen functional groups attached to an aromatic ring is 1. The summed E-state index contributed by atoms with van der Waals surface area (Å²) in [6.45, 7) is 0. The highest BCUT2D eigenvalue weighted by Crippen LogP contribution is 2.29. The molecule has 17 heavy (non-hydrogen) atoms. The summed E-state index contributed by atoms with van der Waals surface area (Å²) >= 11 is 17.5. The van der Waals surface area contributed by atoms with E-state index >= 15 is 0 Å². The third kappa shape index (κ3) is 2.91. The summed E-state index contributed by atoms with van der Waals surface area (Å²) in [6.07, 6.45) is 1.42. The zero-order chi connectivity index (χ0) is 12.4. The van der Waals surface area contributed by atoms with Gasteiger partial charge in [0.15, 0.2) is 5.82 Å². The molecule has 2 rings (SSSR count). The smallest absolute Gasteiger partial charge is 0.224 e. The molecule has 0 saturated heterocycles. The van der Waals surface area contributed by atoms with Gasteiger partial charge in [0.05, 0.1) is 22.6 Å². The summed E-state index contributed by atoms with van der Waals surface area (Å²) in [5, 5.41) is 4.08. The van der Waals surface area contributed by atoms with Crippen molar-refractivity contribution in [2.24, 2.45) is 0 Å². The lowest BCUT2D eigenvalue weighted by Gasteiger charge is -2.09. The van der Waals surface area contributed by atoms with Crippen LogP contribution in [-0.2, 0) is 0 Å². The van der Waals surface area contributed by atoms with Gasteiger partial charge in [-0.25, -0.2) is 4.98 Å². The Kier molecular flexibility index (Phi) is 3.57. The molecule has 2 aromatic rings. The molecular formula is C10H7Cl3N4. The lowest BCUT2D eigenvalue weighted by atomic mass is 10.3. The summed E-state index contributed by atoms with van der Waals surface area (Å²) < 4.78 is 0. The van der Waals surface area contributed by atoms with Crippen LogP contribution in [0.2, 0.25) is 15.3 Å². The van der Waals surface area contributed by atoms with Crippen molar-refractivity contribution in [2.45, 2.75) is 0 Å². The number of halogens is 3. The summed E-state index contributed by atoms with van der Waals surface area (Å²) in [6, 6.07) is 5.04. The molecule has 0 fully saturated rings. The summed E-state index contributed by atoms with van der Waals surface area (Å²) in [5.41, 5.74) is 6.71. The maximum Gasteiger partial charge on any atom is 0.224 e. The van der Waals surface area contributed by atoms with Crippen LogP contribution < -0.4 is 11.1 Å². The van der Waals surface area contributed by atoms with E-state index in [1.807, 2.05) is 0 Å². The largest absolute Gasteiger partial charge is 0.394 e. The van der Waals surface area contributed by atoms with Crippen LogP contribution in [0.15, 0.2) is 24.4 Å². The van der Waals surface area contributed by atoms with Crippen molar-refractivity contribution in [3.63, 3.8) is 0 Å². The predicted octanol–water partition coefficient (Wildman–Crippen LogP) is 3.76. The minimum absolute atomic E-state index is 0.104. The van der Waals surface area contributed by atoms with Gasteiger partial charge in [0.2, 0.25) is 5.28 Å². The van der Waals surface area contributed by atoms with Gasteiger partial charge in [0, 0.05) is 5.02 Å². The molecule has 1 aromatic heterocycles. The Bertz CT molecular complexity index is 559. The fourth-order valence-electron chi connectivity index (χ4n) is 1.19. The van der Waals surface area contributed by atoms with Crippen molar-refractivity contribution in [1.29, 1.82) is 0 Å². The first kappa shape index (κ1) is 12.2. The van der Waals surface area contributed by atoms with Gasteiger partial charge in [-0.3, -0.25) is 0 Å². The normalized spacial score (nSPS) is 10.3. The predicted molar refractivity (Wildman–Crippen MR) is 71.2 cm³/mol. The maximum atomic E-state index is 6.01. The highest BCUT2D eigenvalue weighted by molar-refractivity contribution is 6.36. The van der Waals surface area contributed by atoms with Gasteiger partial charge in [0.1, 0.15) is 0 Å². The van der Waals surface area contributed by atoms with E-state index in [0.29, 0.717) is 27.2 Å². The summed E-state index contributed by atoms with van der Waals surface area (Å²) in [4.78, 5) is 7.71. The molecule has 0 aliphatic carbocycles. The average Bonchev–Trinajstić information content (AvgIpc) is 2.27. The van der Waals surface area contributed by atoms with Crippen LogP contribution in [0.3, 0.4) is 0 Å². The molecule has 0 unspecified atom stereocenters. The van der Waals surface area contributed by atoms with E-state index in [2.05, 4.69) is 15.3 Å². The molecule has 1 heterocycles. The first-order chi connectivity index (χ1) is 8.06. The molecule has 88 valence electrons. The molecule has 7 heteroatoms. The summed E-state index contributed by atoms with van der Waals surface area (Å²) in [7, 11) is 0. The average molecular weight is 290 g/mol. The lowest BCUT2D eigenvalue weighted by Crippen LogP contribution is -2.01. The van der Waals surface area contributed by atoms with Gasteiger partial charge in [0.25, 0.3) is 0 Å². The van der Waals surface area contributed by atoms with Crippen LogP contribution >= 0.6 is 34.8 Å². The zero-order valence-corrected chi connectivity index (χ0v) is 10.7. The van der Waals surface area contributed by atoms with E-state index in [1.54, 1.807) is 18.2 Å². The van der Waals surface area contributed by atoms with E-state index in [-0.39, 0.29) is 5.28 Å². The van der Waals surface area contributed by atoms with Crippen molar-refractivity contribution in [3.8, 4) is 0 Å². The number of nitrogens with zero attached hydrogens (tertiary/aromatic N) is 2. The Morgan fingerprint density at radius 3 is 2.65 bits per heavy atom. The Morgan fingerprint density at radius 2 is 1.94 bits per heavy atom. The van der Waals surface area contributed by atoms with Gasteiger partial charge in [-0.2, -0.15) is 4.98 Å². The van der Waals surface area contributed by atoms with Crippen molar-refractivity contribution >= 4 is 52.0 Å². The van der Waals surface area contributed by atoms with Gasteiger partial charge in [-0.1, -0.05) is 23.2 Å². The molecule has 0 saturated carbocycles. The number of anilines is 3. The standard InChI is InChI=1S/C10H7Cl3N4/c11-5-1-2-8(6(12)3-5)16-9-7(14)4-15-10(13)17-9/h1-4H,14H2,(H,15,16,17). The second kappa shape index (κ2) is 4.96. The van der Waals surface area contributed by atoms with Gasteiger partial charge in [-0.15, -0.1) is 0 Å². The van der Waals surface area contributed by atoms with Crippen LogP contribution in [0.25, 0.3) is 0 Å². The number of rotatable bonds is 2. The number of nitrogens with two attached hydrogens (primary N) is 1. The van der Waals surface area contributed by atoms with E-state index in [9.17, 15) is 0 Å². The monoisotopic (exact) mass is 288 g/mol. The minimum Gasteiger partial charge on any atom is -0.394 e.